The highest BCUT2D eigenvalue weighted by molar-refractivity contribution is 9.11. The molecule has 9 heteroatoms. The Morgan fingerprint density at radius 3 is 2.58 bits per heavy atom. The lowest BCUT2D eigenvalue weighted by atomic mass is 10.1. The minimum Gasteiger partial charge on any atom is -0.493 e. The second-order valence-corrected chi connectivity index (χ2v) is 10.4. The van der Waals surface area contributed by atoms with Gasteiger partial charge in [-0.15, -0.1) is 6.58 Å². The van der Waals surface area contributed by atoms with Gasteiger partial charge >= 0.3 is 5.91 Å². The van der Waals surface area contributed by atoms with Crippen LogP contribution < -0.4 is 14.9 Å². The van der Waals surface area contributed by atoms with E-state index in [9.17, 15) is 4.79 Å². The van der Waals surface area contributed by atoms with Crippen LogP contribution in [0.5, 0.6) is 11.5 Å². The highest BCUT2D eigenvalue weighted by Gasteiger charge is 2.15. The van der Waals surface area contributed by atoms with Gasteiger partial charge in [-0.05, 0) is 75.9 Å². The number of nitrogens with one attached hydrogen (secondary N) is 1. The molecule has 0 bridgehead atoms. The van der Waals surface area contributed by atoms with Gasteiger partial charge in [0.1, 0.15) is 12.2 Å². The number of carbonyl (C=O) groups excluding carboxylic acids is 1. The van der Waals surface area contributed by atoms with Crippen molar-refractivity contribution in [1.82, 2.24) is 5.43 Å². The highest BCUT2D eigenvalue weighted by atomic mass is 79.9. The van der Waals surface area contributed by atoms with E-state index in [0.29, 0.717) is 30.1 Å². The van der Waals surface area contributed by atoms with Crippen LogP contribution in [-0.2, 0) is 13.0 Å². The van der Waals surface area contributed by atoms with Crippen LogP contribution in [0.2, 0.25) is 0 Å². The van der Waals surface area contributed by atoms with Gasteiger partial charge in [0.05, 0.1) is 17.8 Å². The number of amides is 1. The number of fused-ring (bicyclic) bond motifs is 1. The maximum atomic E-state index is 12.6. The number of hydrazone groups is 1. The molecule has 0 saturated carbocycles. The fraction of sp³-hybridized carbons (Fsp3) is 0.111. The van der Waals surface area contributed by atoms with E-state index in [0.717, 1.165) is 35.5 Å². The Kier molecular flexibility index (Phi) is 8.66. The summed E-state index contributed by atoms with van der Waals surface area (Å²) in [6.45, 7) is 4.24. The van der Waals surface area contributed by atoms with Crippen LogP contribution >= 0.6 is 47.8 Å². The second kappa shape index (κ2) is 11.9. The van der Waals surface area contributed by atoms with E-state index in [1.54, 1.807) is 31.5 Å². The van der Waals surface area contributed by atoms with Gasteiger partial charge in [-0.1, -0.05) is 50.1 Å². The zero-order chi connectivity index (χ0) is 25.7. The van der Waals surface area contributed by atoms with Crippen molar-refractivity contribution in [3.05, 3.63) is 103 Å². The Bertz CT molecular complexity index is 1450. The molecule has 0 radical (unpaired) electrons. The van der Waals surface area contributed by atoms with Gasteiger partial charge in [0.25, 0.3) is 0 Å². The fourth-order valence-electron chi connectivity index (χ4n) is 3.53. The topological polar surface area (TPSA) is 73.1 Å². The molecular formula is C27H21Br3N2O4. The normalized spacial score (nSPS) is 11.1. The van der Waals surface area contributed by atoms with Crippen molar-refractivity contribution < 1.29 is 18.7 Å². The fourth-order valence-corrected chi connectivity index (χ4v) is 5.13. The molecule has 1 heterocycles. The second-order valence-electron chi connectivity index (χ2n) is 7.74. The third-order valence-corrected chi connectivity index (χ3v) is 6.75. The molecule has 0 atom stereocenters. The smallest absolute Gasteiger partial charge is 0.307 e. The molecule has 0 fully saturated rings. The van der Waals surface area contributed by atoms with E-state index < -0.39 is 5.91 Å². The Morgan fingerprint density at radius 2 is 1.86 bits per heavy atom. The van der Waals surface area contributed by atoms with Crippen molar-refractivity contribution in [2.45, 2.75) is 13.0 Å². The third-order valence-electron chi connectivity index (χ3n) is 5.17. The zero-order valence-electron chi connectivity index (χ0n) is 19.2. The molecule has 1 aromatic heterocycles. The molecule has 0 aliphatic heterocycles. The van der Waals surface area contributed by atoms with Gasteiger partial charge in [-0.2, -0.15) is 5.10 Å². The van der Waals surface area contributed by atoms with Gasteiger partial charge in [-0.3, -0.25) is 4.79 Å². The lowest BCUT2D eigenvalue weighted by molar-refractivity contribution is 0.0929. The first kappa shape index (κ1) is 26.2. The number of nitrogens with zero attached hydrogens (tertiary/aromatic N) is 1. The number of carbonyl (C=O) groups is 1. The van der Waals surface area contributed by atoms with E-state index in [1.165, 1.54) is 0 Å². The summed E-state index contributed by atoms with van der Waals surface area (Å²) < 4.78 is 20.0. The molecule has 0 spiro atoms. The third kappa shape index (κ3) is 6.27. The average Bonchev–Trinajstić information content (AvgIpc) is 3.29. The van der Waals surface area contributed by atoms with Gasteiger partial charge in [-0.25, -0.2) is 5.43 Å². The predicted octanol–water partition coefficient (Wildman–Crippen LogP) is 7.80. The van der Waals surface area contributed by atoms with Crippen molar-refractivity contribution in [2.24, 2.45) is 5.10 Å². The Hall–Kier alpha value is -2.88. The number of ether oxygens (including phenoxy) is 2. The molecule has 0 unspecified atom stereocenters. The summed E-state index contributed by atoms with van der Waals surface area (Å²) >= 11 is 10.3. The molecular weight excluding hydrogens is 656 g/mol. The average molecular weight is 677 g/mol. The summed E-state index contributed by atoms with van der Waals surface area (Å²) in [7, 11) is 1.58. The first-order valence-corrected chi connectivity index (χ1v) is 13.2. The Labute approximate surface area is 233 Å². The van der Waals surface area contributed by atoms with Gasteiger partial charge in [0, 0.05) is 19.9 Å². The largest absolute Gasteiger partial charge is 0.493 e. The van der Waals surface area contributed by atoms with Gasteiger partial charge < -0.3 is 13.9 Å². The number of methoxy groups -OCH3 is 1. The van der Waals surface area contributed by atoms with Crippen LogP contribution in [-0.4, -0.2) is 19.2 Å². The number of benzene rings is 3. The molecule has 4 rings (SSSR count). The Morgan fingerprint density at radius 1 is 1.08 bits per heavy atom. The number of hydrogen-bond acceptors (Lipinski definition) is 5. The van der Waals surface area contributed by atoms with Crippen LogP contribution in [0, 0.1) is 0 Å². The molecule has 0 aliphatic carbocycles. The van der Waals surface area contributed by atoms with Crippen molar-refractivity contribution in [2.75, 3.05) is 7.11 Å². The van der Waals surface area contributed by atoms with Crippen molar-refractivity contribution in [3.8, 4) is 11.5 Å². The van der Waals surface area contributed by atoms with Crippen LogP contribution in [0.3, 0.4) is 0 Å². The van der Waals surface area contributed by atoms with E-state index in [-0.39, 0.29) is 5.76 Å². The quantitative estimate of drug-likeness (QED) is 0.112. The summed E-state index contributed by atoms with van der Waals surface area (Å²) in [5.74, 6) is 0.897. The molecule has 1 N–H and O–H groups in total. The summed E-state index contributed by atoms with van der Waals surface area (Å²) in [5.41, 5.74) is 5.75. The lowest BCUT2D eigenvalue weighted by Crippen LogP contribution is -2.16. The number of hydrogen-bond donors (Lipinski definition) is 1. The predicted molar refractivity (Wildman–Crippen MR) is 152 cm³/mol. The molecule has 36 heavy (non-hydrogen) atoms. The molecule has 0 saturated heterocycles. The molecule has 184 valence electrons. The monoisotopic (exact) mass is 674 g/mol. The van der Waals surface area contributed by atoms with Crippen LogP contribution in [0.1, 0.15) is 27.2 Å². The molecule has 6 nitrogen and oxygen atoms in total. The number of furan rings is 1. The number of allylic oxidation sites excluding steroid dienone is 1. The molecule has 0 aliphatic rings. The highest BCUT2D eigenvalue weighted by Crippen LogP contribution is 2.34. The standard InChI is InChI=1S/C27H21Br3N2O4/c1-3-4-18-9-17(10-23(34-2)26(18)35-15-16-5-7-20(28)8-6-16)14-31-32-27(33)24-12-19-11-21(29)13-22(30)25(19)36-24/h3,5-14H,1,4,15H2,2H3,(H,32,33)/b31-14-. The van der Waals surface area contributed by atoms with E-state index in [1.807, 2.05) is 42.5 Å². The minimum atomic E-state index is -0.460. The van der Waals surface area contributed by atoms with Crippen molar-refractivity contribution in [3.63, 3.8) is 0 Å². The van der Waals surface area contributed by atoms with Crippen LogP contribution in [0.25, 0.3) is 11.0 Å². The summed E-state index contributed by atoms with van der Waals surface area (Å²) in [6.07, 6.45) is 3.91. The number of rotatable bonds is 9. The van der Waals surface area contributed by atoms with Crippen molar-refractivity contribution in [1.29, 1.82) is 0 Å². The minimum absolute atomic E-state index is 0.155. The van der Waals surface area contributed by atoms with Gasteiger partial charge in [0.15, 0.2) is 17.3 Å². The van der Waals surface area contributed by atoms with Gasteiger partial charge in [0.2, 0.25) is 0 Å². The van der Waals surface area contributed by atoms with E-state index in [4.69, 9.17) is 13.9 Å². The van der Waals surface area contributed by atoms with Crippen LogP contribution in [0.15, 0.2) is 90.2 Å². The first-order chi connectivity index (χ1) is 17.4. The maximum Gasteiger partial charge on any atom is 0.307 e. The first-order valence-electron chi connectivity index (χ1n) is 10.8. The molecule has 3 aromatic carbocycles. The SMILES string of the molecule is C=CCc1cc(/C=N\NC(=O)c2cc3cc(Br)cc(Br)c3o2)cc(OC)c1OCc1ccc(Br)cc1. The molecule has 1 amide bonds. The Balaban J connectivity index is 1.51. The summed E-state index contributed by atoms with van der Waals surface area (Å²) in [4.78, 5) is 12.6. The zero-order valence-corrected chi connectivity index (χ0v) is 23.9. The maximum absolute atomic E-state index is 12.6. The summed E-state index contributed by atoms with van der Waals surface area (Å²) in [5, 5.41) is 4.90. The van der Waals surface area contributed by atoms with Crippen molar-refractivity contribution >= 4 is 70.9 Å². The van der Waals surface area contributed by atoms with E-state index >= 15 is 0 Å². The molecule has 4 aromatic rings. The van der Waals surface area contributed by atoms with Crippen LogP contribution in [0.4, 0.5) is 0 Å². The summed E-state index contributed by atoms with van der Waals surface area (Å²) in [6, 6.07) is 17.0. The number of halogens is 3. The van der Waals surface area contributed by atoms with E-state index in [2.05, 4.69) is 64.9 Å². The lowest BCUT2D eigenvalue weighted by Gasteiger charge is -2.16.